The summed E-state index contributed by atoms with van der Waals surface area (Å²) in [5, 5.41) is 2.79. The average Bonchev–Trinajstić information content (AvgIpc) is 2.65. The van der Waals surface area contributed by atoms with Crippen molar-refractivity contribution >= 4 is 11.9 Å². The molecule has 2 aromatic rings. The number of nitrogens with one attached hydrogen (secondary N) is 1. The van der Waals surface area contributed by atoms with Gasteiger partial charge in [-0.05, 0) is 34.6 Å². The van der Waals surface area contributed by atoms with E-state index in [-0.39, 0.29) is 36.6 Å². The van der Waals surface area contributed by atoms with Crippen molar-refractivity contribution < 1.29 is 14.3 Å². The molecule has 0 aliphatic heterocycles. The van der Waals surface area contributed by atoms with Gasteiger partial charge in [-0.3, -0.25) is 14.6 Å². The lowest BCUT2D eigenvalue weighted by Gasteiger charge is -2.18. The summed E-state index contributed by atoms with van der Waals surface area (Å²) in [6.45, 7) is 8.69. The zero-order valence-electron chi connectivity index (χ0n) is 16.5. The Hall–Kier alpha value is -2.69. The zero-order valence-corrected chi connectivity index (χ0v) is 16.5. The Balaban J connectivity index is 1.93. The van der Waals surface area contributed by atoms with Crippen LogP contribution in [0.15, 0.2) is 42.7 Å². The number of carbonyl (C=O) groups excluding carboxylic acids is 2. The number of hydrogen-bond donors (Lipinski definition) is 1. The van der Waals surface area contributed by atoms with Crippen molar-refractivity contribution in [3.05, 3.63) is 59.4 Å². The molecule has 0 bridgehead atoms. The first-order valence-electron chi connectivity index (χ1n) is 9.37. The molecule has 0 spiro atoms. The molecular weight excluding hydrogens is 340 g/mol. The van der Waals surface area contributed by atoms with Crippen LogP contribution < -0.4 is 10.1 Å². The summed E-state index contributed by atoms with van der Waals surface area (Å²) in [4.78, 5) is 28.3. The molecule has 1 aromatic heterocycles. The molecule has 0 saturated heterocycles. The molecule has 0 aliphatic rings. The van der Waals surface area contributed by atoms with Crippen LogP contribution in [0.4, 0.5) is 0 Å². The Kier molecular flexibility index (Phi) is 7.53. The first-order valence-corrected chi connectivity index (χ1v) is 9.37. The molecule has 1 aromatic carbocycles. The predicted octanol–water partition coefficient (Wildman–Crippen LogP) is 4.33. The Bertz CT molecular complexity index is 744. The van der Waals surface area contributed by atoms with Crippen molar-refractivity contribution in [2.24, 2.45) is 0 Å². The van der Waals surface area contributed by atoms with E-state index in [0.717, 1.165) is 16.7 Å². The zero-order chi connectivity index (χ0) is 19.8. The van der Waals surface area contributed by atoms with Crippen molar-refractivity contribution in [3.63, 3.8) is 0 Å². The first-order chi connectivity index (χ1) is 12.9. The summed E-state index contributed by atoms with van der Waals surface area (Å²) >= 11 is 0. The molecule has 0 aliphatic carbocycles. The maximum atomic E-state index is 12.3. The highest BCUT2D eigenvalue weighted by Gasteiger charge is 2.18. The minimum atomic E-state index is -0.387. The van der Waals surface area contributed by atoms with Gasteiger partial charge < -0.3 is 10.1 Å². The van der Waals surface area contributed by atoms with Crippen LogP contribution in [-0.4, -0.2) is 16.9 Å². The molecule has 144 valence electrons. The lowest BCUT2D eigenvalue weighted by Crippen LogP contribution is -2.24. The number of aromatic nitrogens is 1. The first kappa shape index (κ1) is 20.6. The van der Waals surface area contributed by atoms with Gasteiger partial charge in [0.1, 0.15) is 5.75 Å². The third kappa shape index (κ3) is 6.20. The van der Waals surface area contributed by atoms with Gasteiger partial charge in [0, 0.05) is 25.4 Å². The quantitative estimate of drug-likeness (QED) is 0.556. The normalized spacial score (nSPS) is 10.9. The molecule has 1 amide bonds. The highest BCUT2D eigenvalue weighted by atomic mass is 16.5. The van der Waals surface area contributed by atoms with Crippen LogP contribution in [0.5, 0.6) is 5.75 Å². The maximum Gasteiger partial charge on any atom is 0.311 e. The third-order valence-electron chi connectivity index (χ3n) is 4.30. The molecule has 27 heavy (non-hydrogen) atoms. The number of ether oxygens (including phenoxy) is 1. The molecule has 1 heterocycles. The van der Waals surface area contributed by atoms with E-state index in [9.17, 15) is 9.59 Å². The fraction of sp³-hybridized carbons (Fsp3) is 0.409. The minimum absolute atomic E-state index is 0.0445. The summed E-state index contributed by atoms with van der Waals surface area (Å²) in [7, 11) is 0. The number of pyridine rings is 1. The fourth-order valence-electron chi connectivity index (χ4n) is 2.77. The number of carbonyl (C=O) groups is 2. The molecule has 5 heteroatoms. The van der Waals surface area contributed by atoms with Crippen LogP contribution in [0.1, 0.15) is 69.1 Å². The molecule has 1 N–H and O–H groups in total. The summed E-state index contributed by atoms with van der Waals surface area (Å²) in [5.41, 5.74) is 2.94. The largest absolute Gasteiger partial charge is 0.426 e. The Labute approximate surface area is 161 Å². The summed E-state index contributed by atoms with van der Waals surface area (Å²) < 4.78 is 5.68. The van der Waals surface area contributed by atoms with Crippen molar-refractivity contribution in [2.75, 3.05) is 0 Å². The van der Waals surface area contributed by atoms with Crippen molar-refractivity contribution in [1.82, 2.24) is 10.3 Å². The topological polar surface area (TPSA) is 68.3 Å². The Morgan fingerprint density at radius 1 is 1.00 bits per heavy atom. The van der Waals surface area contributed by atoms with E-state index < -0.39 is 0 Å². The Morgan fingerprint density at radius 2 is 1.67 bits per heavy atom. The second-order valence-electron chi connectivity index (χ2n) is 7.19. The van der Waals surface area contributed by atoms with Crippen LogP contribution in [0.25, 0.3) is 0 Å². The molecule has 2 rings (SSSR count). The Morgan fingerprint density at radius 3 is 2.22 bits per heavy atom. The van der Waals surface area contributed by atoms with E-state index in [0.29, 0.717) is 12.3 Å². The van der Waals surface area contributed by atoms with Gasteiger partial charge in [-0.25, -0.2) is 0 Å². The van der Waals surface area contributed by atoms with Gasteiger partial charge in [-0.15, -0.1) is 0 Å². The van der Waals surface area contributed by atoms with Gasteiger partial charge in [0.05, 0.1) is 6.42 Å². The molecular formula is C22H28N2O3. The van der Waals surface area contributed by atoms with Gasteiger partial charge in [-0.1, -0.05) is 52.0 Å². The van der Waals surface area contributed by atoms with Gasteiger partial charge in [0.2, 0.25) is 5.91 Å². The van der Waals surface area contributed by atoms with Crippen molar-refractivity contribution in [2.45, 2.75) is 58.9 Å². The number of esters is 1. The molecule has 0 unspecified atom stereocenters. The number of para-hydroxylation sites is 1. The van der Waals surface area contributed by atoms with Crippen LogP contribution in [0, 0.1) is 0 Å². The molecule has 0 saturated carbocycles. The van der Waals surface area contributed by atoms with Gasteiger partial charge in [0.15, 0.2) is 0 Å². The molecule has 5 nitrogen and oxygen atoms in total. The predicted molar refractivity (Wildman–Crippen MR) is 106 cm³/mol. The summed E-state index contributed by atoms with van der Waals surface area (Å²) in [6.07, 6.45) is 3.52. The number of rotatable bonds is 8. The van der Waals surface area contributed by atoms with E-state index >= 15 is 0 Å². The van der Waals surface area contributed by atoms with Crippen LogP contribution in [-0.2, 0) is 16.1 Å². The van der Waals surface area contributed by atoms with Gasteiger partial charge in [0.25, 0.3) is 0 Å². The van der Waals surface area contributed by atoms with Crippen molar-refractivity contribution in [3.8, 4) is 5.75 Å². The second kappa shape index (κ2) is 9.86. The van der Waals surface area contributed by atoms with E-state index in [4.69, 9.17) is 4.74 Å². The monoisotopic (exact) mass is 368 g/mol. The lowest BCUT2D eigenvalue weighted by molar-refractivity contribution is -0.136. The van der Waals surface area contributed by atoms with Crippen LogP contribution in [0.2, 0.25) is 0 Å². The van der Waals surface area contributed by atoms with Gasteiger partial charge >= 0.3 is 5.97 Å². The second-order valence-corrected chi connectivity index (χ2v) is 7.19. The smallest absolute Gasteiger partial charge is 0.311 e. The average molecular weight is 368 g/mol. The molecule has 0 atom stereocenters. The van der Waals surface area contributed by atoms with E-state index in [1.165, 1.54) is 0 Å². The lowest BCUT2D eigenvalue weighted by atomic mass is 9.94. The number of nitrogens with zero attached hydrogens (tertiary/aromatic N) is 1. The van der Waals surface area contributed by atoms with Crippen LogP contribution >= 0.6 is 0 Å². The summed E-state index contributed by atoms with van der Waals surface area (Å²) in [5.74, 6) is 0.561. The third-order valence-corrected chi connectivity index (χ3v) is 4.30. The van der Waals surface area contributed by atoms with E-state index in [1.807, 2.05) is 30.3 Å². The summed E-state index contributed by atoms with van der Waals surface area (Å²) in [6, 6.07) is 9.67. The van der Waals surface area contributed by atoms with E-state index in [1.54, 1.807) is 12.4 Å². The number of amides is 1. The van der Waals surface area contributed by atoms with Crippen LogP contribution in [0.3, 0.4) is 0 Å². The molecule has 0 radical (unpaired) electrons. The SMILES string of the molecule is CC(C)c1cccc(C(C)C)c1OC(=O)CCC(=O)NCc1cccnc1. The maximum absolute atomic E-state index is 12.3. The highest BCUT2D eigenvalue weighted by Crippen LogP contribution is 2.34. The van der Waals surface area contributed by atoms with E-state index in [2.05, 4.69) is 38.0 Å². The molecule has 0 fully saturated rings. The van der Waals surface area contributed by atoms with Gasteiger partial charge in [-0.2, -0.15) is 0 Å². The fourth-order valence-corrected chi connectivity index (χ4v) is 2.77. The standard InChI is InChI=1S/C22H28N2O3/c1-15(2)18-8-5-9-19(16(3)4)22(18)27-21(26)11-10-20(25)24-14-17-7-6-12-23-13-17/h5-9,12-13,15-16H,10-11,14H2,1-4H3,(H,24,25). The minimum Gasteiger partial charge on any atom is -0.426 e. The van der Waals surface area contributed by atoms with Crippen molar-refractivity contribution in [1.29, 1.82) is 0 Å². The number of benzene rings is 1. The highest BCUT2D eigenvalue weighted by molar-refractivity contribution is 5.82. The number of hydrogen-bond acceptors (Lipinski definition) is 4.